The van der Waals surface area contributed by atoms with E-state index in [0.29, 0.717) is 0 Å². The second-order valence-electron chi connectivity index (χ2n) is 4.56. The van der Waals surface area contributed by atoms with E-state index in [1.54, 1.807) is 0 Å². The highest BCUT2D eigenvalue weighted by Crippen LogP contribution is 2.45. The van der Waals surface area contributed by atoms with Crippen molar-refractivity contribution in [2.45, 2.75) is 38.2 Å². The lowest BCUT2D eigenvalue weighted by Crippen LogP contribution is -2.23. The summed E-state index contributed by atoms with van der Waals surface area (Å²) >= 11 is 2.06. The molecule has 0 heterocycles. The number of hydrogen-bond acceptors (Lipinski definition) is 1. The normalized spacial score (nSPS) is 18.6. The lowest BCUT2D eigenvalue weighted by Gasteiger charge is -2.28. The summed E-state index contributed by atoms with van der Waals surface area (Å²) in [5, 5.41) is 0. The van der Waals surface area contributed by atoms with E-state index in [-0.39, 0.29) is 5.60 Å². The summed E-state index contributed by atoms with van der Waals surface area (Å²) in [5.74, 6) is 0. The first-order valence-electron chi connectivity index (χ1n) is 5.75. The first-order valence-corrected chi connectivity index (χ1v) is 6.63. The Kier molecular flexibility index (Phi) is 3.70. The summed E-state index contributed by atoms with van der Waals surface area (Å²) in [6.07, 6.45) is 6.70. The zero-order chi connectivity index (χ0) is 11.6. The molecule has 1 aromatic carbocycles. The molecule has 1 saturated carbocycles. The van der Waals surface area contributed by atoms with Crippen molar-refractivity contribution in [2.24, 2.45) is 0 Å². The van der Waals surface area contributed by atoms with Crippen molar-refractivity contribution in [2.75, 3.05) is 0 Å². The average molecular weight is 328 g/mol. The quantitative estimate of drug-likeness (QED) is 0.726. The lowest BCUT2D eigenvalue weighted by molar-refractivity contribution is 0.133. The van der Waals surface area contributed by atoms with E-state index in [2.05, 4.69) is 54.7 Å². The van der Waals surface area contributed by atoms with Gasteiger partial charge in [-0.3, -0.25) is 0 Å². The van der Waals surface area contributed by atoms with Crippen molar-refractivity contribution in [1.82, 2.24) is 0 Å². The van der Waals surface area contributed by atoms with Crippen LogP contribution in [-0.4, -0.2) is 0 Å². The van der Waals surface area contributed by atoms with Gasteiger partial charge in [-0.05, 0) is 42.5 Å². The SMILES string of the molecule is C=Cc1ccc(C)c(C2(OI)CCCC2)c1. The zero-order valence-corrected chi connectivity index (χ0v) is 11.8. The van der Waals surface area contributed by atoms with E-state index in [1.165, 1.54) is 29.5 Å². The molecular weight excluding hydrogens is 311 g/mol. The van der Waals surface area contributed by atoms with Gasteiger partial charge in [-0.2, -0.15) is 0 Å². The van der Waals surface area contributed by atoms with Gasteiger partial charge in [0.25, 0.3) is 0 Å². The number of rotatable bonds is 3. The molecule has 1 aromatic rings. The molecule has 0 bridgehead atoms. The highest BCUT2D eigenvalue weighted by Gasteiger charge is 2.37. The van der Waals surface area contributed by atoms with Gasteiger partial charge >= 0.3 is 0 Å². The summed E-state index contributed by atoms with van der Waals surface area (Å²) in [7, 11) is 0. The topological polar surface area (TPSA) is 9.23 Å². The molecule has 0 spiro atoms. The molecule has 0 aromatic heterocycles. The first-order chi connectivity index (χ1) is 7.72. The van der Waals surface area contributed by atoms with Crippen LogP contribution in [0.25, 0.3) is 6.08 Å². The van der Waals surface area contributed by atoms with Gasteiger partial charge in [-0.15, -0.1) is 0 Å². The van der Waals surface area contributed by atoms with Gasteiger partial charge in [0.15, 0.2) is 0 Å². The lowest BCUT2D eigenvalue weighted by atomic mass is 9.87. The maximum atomic E-state index is 5.80. The summed E-state index contributed by atoms with van der Waals surface area (Å²) in [4.78, 5) is 0. The molecule has 16 heavy (non-hydrogen) atoms. The molecule has 1 fully saturated rings. The van der Waals surface area contributed by atoms with E-state index in [1.807, 2.05) is 6.08 Å². The van der Waals surface area contributed by atoms with E-state index in [9.17, 15) is 0 Å². The van der Waals surface area contributed by atoms with Crippen LogP contribution in [0, 0.1) is 6.92 Å². The van der Waals surface area contributed by atoms with E-state index >= 15 is 0 Å². The molecule has 1 aliphatic rings. The molecule has 0 N–H and O–H groups in total. The fourth-order valence-corrected chi connectivity index (χ4v) is 3.27. The summed E-state index contributed by atoms with van der Waals surface area (Å²) in [5.41, 5.74) is 3.80. The predicted molar refractivity (Wildman–Crippen MR) is 76.5 cm³/mol. The van der Waals surface area contributed by atoms with Crippen molar-refractivity contribution in [3.8, 4) is 0 Å². The van der Waals surface area contributed by atoms with Gasteiger partial charge in [0.2, 0.25) is 0 Å². The van der Waals surface area contributed by atoms with Crippen LogP contribution in [0.1, 0.15) is 42.4 Å². The van der Waals surface area contributed by atoms with Crippen molar-refractivity contribution in [3.05, 3.63) is 41.5 Å². The summed E-state index contributed by atoms with van der Waals surface area (Å²) in [6, 6.07) is 6.51. The minimum Gasteiger partial charge on any atom is -0.304 e. The minimum atomic E-state index is -0.0519. The first kappa shape index (κ1) is 12.1. The highest BCUT2D eigenvalue weighted by atomic mass is 127. The van der Waals surface area contributed by atoms with Crippen molar-refractivity contribution < 1.29 is 3.07 Å². The van der Waals surface area contributed by atoms with E-state index in [4.69, 9.17) is 3.07 Å². The molecule has 86 valence electrons. The molecule has 0 amide bonds. The third-order valence-electron chi connectivity index (χ3n) is 3.55. The molecule has 1 aliphatic carbocycles. The maximum Gasteiger partial charge on any atom is 0.110 e. The van der Waals surface area contributed by atoms with Crippen LogP contribution in [0.4, 0.5) is 0 Å². The molecule has 2 rings (SSSR count). The highest BCUT2D eigenvalue weighted by molar-refractivity contribution is 14.1. The zero-order valence-electron chi connectivity index (χ0n) is 9.63. The fraction of sp³-hybridized carbons (Fsp3) is 0.429. The third kappa shape index (κ3) is 2.05. The van der Waals surface area contributed by atoms with Gasteiger partial charge in [0.1, 0.15) is 28.6 Å². The van der Waals surface area contributed by atoms with Crippen molar-refractivity contribution in [3.63, 3.8) is 0 Å². The van der Waals surface area contributed by atoms with Gasteiger partial charge in [0.05, 0.1) is 0 Å². The van der Waals surface area contributed by atoms with Crippen molar-refractivity contribution >= 4 is 29.1 Å². The number of aryl methyl sites for hydroxylation is 1. The van der Waals surface area contributed by atoms with Crippen LogP contribution < -0.4 is 0 Å². The Morgan fingerprint density at radius 2 is 2.06 bits per heavy atom. The van der Waals surface area contributed by atoms with E-state index < -0.39 is 0 Å². The van der Waals surface area contributed by atoms with Crippen LogP contribution >= 0.6 is 23.0 Å². The Morgan fingerprint density at radius 3 is 2.62 bits per heavy atom. The third-order valence-corrected chi connectivity index (χ3v) is 4.39. The van der Waals surface area contributed by atoms with Gasteiger partial charge in [0, 0.05) is 0 Å². The molecule has 2 heteroatoms. The summed E-state index contributed by atoms with van der Waals surface area (Å²) in [6.45, 7) is 6.00. The molecule has 0 aliphatic heterocycles. The van der Waals surface area contributed by atoms with Gasteiger partial charge in [-0.25, -0.2) is 0 Å². The Morgan fingerprint density at radius 1 is 1.38 bits per heavy atom. The minimum absolute atomic E-state index is 0.0519. The van der Waals surface area contributed by atoms with Crippen LogP contribution in [-0.2, 0) is 8.67 Å². The van der Waals surface area contributed by atoms with Crippen LogP contribution in [0.15, 0.2) is 24.8 Å². The molecule has 0 radical (unpaired) electrons. The Hall–Kier alpha value is -0.350. The predicted octanol–water partition coefficient (Wildman–Crippen LogP) is 4.77. The molecule has 0 saturated heterocycles. The van der Waals surface area contributed by atoms with Gasteiger partial charge in [-0.1, -0.05) is 37.6 Å². The number of hydrogen-bond donors (Lipinski definition) is 0. The monoisotopic (exact) mass is 328 g/mol. The Balaban J connectivity index is 2.48. The molecular formula is C14H17IO. The molecule has 0 atom stereocenters. The summed E-state index contributed by atoms with van der Waals surface area (Å²) < 4.78 is 5.80. The van der Waals surface area contributed by atoms with Crippen molar-refractivity contribution in [1.29, 1.82) is 0 Å². The standard InChI is InChI=1S/C14H17IO/c1-3-12-7-6-11(2)13(10-12)14(16-15)8-4-5-9-14/h3,6-7,10H,1,4-5,8-9H2,2H3. The van der Waals surface area contributed by atoms with Crippen LogP contribution in [0.5, 0.6) is 0 Å². The average Bonchev–Trinajstić information content (AvgIpc) is 2.79. The van der Waals surface area contributed by atoms with Crippen LogP contribution in [0.2, 0.25) is 0 Å². The van der Waals surface area contributed by atoms with Gasteiger partial charge < -0.3 is 3.07 Å². The Bertz CT molecular complexity index is 392. The van der Waals surface area contributed by atoms with Crippen LogP contribution in [0.3, 0.4) is 0 Å². The molecule has 0 unspecified atom stereocenters. The number of halogens is 1. The number of benzene rings is 1. The second-order valence-corrected chi connectivity index (χ2v) is 5.00. The Labute approximate surface area is 112 Å². The van der Waals surface area contributed by atoms with E-state index in [0.717, 1.165) is 12.8 Å². The second kappa shape index (κ2) is 4.88. The fourth-order valence-electron chi connectivity index (χ4n) is 2.59. The largest absolute Gasteiger partial charge is 0.304 e. The smallest absolute Gasteiger partial charge is 0.110 e. The molecule has 1 nitrogen and oxygen atoms in total. The maximum absolute atomic E-state index is 5.80.